The number of rotatable bonds is 0. The molecule has 0 bridgehead atoms. The summed E-state index contributed by atoms with van der Waals surface area (Å²) in [5.74, 6) is -2.60. The van der Waals surface area contributed by atoms with Gasteiger partial charge in [-0.3, -0.25) is 0 Å². The standard InChI is InChI=1S/C7H14F2N2/c1-6(2)7(8,9)4-5-11(3)10-6/h10H,4-5H2,1-3H3. The van der Waals surface area contributed by atoms with E-state index in [1.165, 1.54) is 13.8 Å². The molecule has 0 aliphatic carbocycles. The number of nitrogens with zero attached hydrogens (tertiary/aromatic N) is 1. The van der Waals surface area contributed by atoms with Crippen LogP contribution in [-0.4, -0.2) is 30.1 Å². The zero-order valence-electron chi connectivity index (χ0n) is 7.12. The topological polar surface area (TPSA) is 15.3 Å². The Morgan fingerprint density at radius 3 is 2.27 bits per heavy atom. The van der Waals surface area contributed by atoms with Gasteiger partial charge in [-0.25, -0.2) is 19.2 Å². The second kappa shape index (κ2) is 2.38. The van der Waals surface area contributed by atoms with E-state index in [-0.39, 0.29) is 6.42 Å². The fourth-order valence-corrected chi connectivity index (χ4v) is 1.24. The lowest BCUT2D eigenvalue weighted by molar-refractivity contribution is -0.139. The van der Waals surface area contributed by atoms with E-state index in [2.05, 4.69) is 5.43 Å². The zero-order valence-corrected chi connectivity index (χ0v) is 7.12. The SMILES string of the molecule is CN1CCC(F)(F)C(C)(C)N1. The molecule has 0 saturated carbocycles. The van der Waals surface area contributed by atoms with Gasteiger partial charge in [-0.15, -0.1) is 0 Å². The van der Waals surface area contributed by atoms with E-state index < -0.39 is 11.5 Å². The number of hydrazine groups is 1. The molecule has 0 aromatic rings. The molecule has 1 aliphatic rings. The largest absolute Gasteiger partial charge is 0.267 e. The summed E-state index contributed by atoms with van der Waals surface area (Å²) in [6, 6.07) is 0. The van der Waals surface area contributed by atoms with E-state index in [0.29, 0.717) is 6.54 Å². The quantitative estimate of drug-likeness (QED) is 0.579. The molecular formula is C7H14F2N2. The second-order valence-electron chi connectivity index (χ2n) is 3.61. The van der Waals surface area contributed by atoms with Crippen molar-refractivity contribution in [2.45, 2.75) is 31.7 Å². The van der Waals surface area contributed by atoms with Crippen molar-refractivity contribution in [2.75, 3.05) is 13.6 Å². The molecular weight excluding hydrogens is 150 g/mol. The fourth-order valence-electron chi connectivity index (χ4n) is 1.24. The van der Waals surface area contributed by atoms with Crippen LogP contribution < -0.4 is 5.43 Å². The maximum atomic E-state index is 13.1. The number of alkyl halides is 2. The molecule has 4 heteroatoms. The Kier molecular flexibility index (Phi) is 1.92. The minimum absolute atomic E-state index is 0.0660. The van der Waals surface area contributed by atoms with Crippen LogP contribution in [0.2, 0.25) is 0 Å². The lowest BCUT2D eigenvalue weighted by Crippen LogP contribution is -2.64. The minimum Gasteiger partial charge on any atom is -0.247 e. The highest BCUT2D eigenvalue weighted by atomic mass is 19.3. The van der Waals surface area contributed by atoms with Crippen LogP contribution in [0.4, 0.5) is 8.78 Å². The Balaban J connectivity index is 2.72. The molecule has 2 nitrogen and oxygen atoms in total. The normalized spacial score (nSPS) is 30.3. The van der Waals surface area contributed by atoms with Crippen LogP contribution >= 0.6 is 0 Å². The summed E-state index contributed by atoms with van der Waals surface area (Å²) in [6.45, 7) is 3.43. The smallest absolute Gasteiger partial charge is 0.247 e. The lowest BCUT2D eigenvalue weighted by atomic mass is 9.92. The van der Waals surface area contributed by atoms with Gasteiger partial charge in [-0.2, -0.15) is 0 Å². The van der Waals surface area contributed by atoms with Crippen molar-refractivity contribution in [3.05, 3.63) is 0 Å². The summed E-state index contributed by atoms with van der Waals surface area (Å²) in [5, 5.41) is 1.71. The van der Waals surface area contributed by atoms with Crippen molar-refractivity contribution in [2.24, 2.45) is 0 Å². The van der Waals surface area contributed by atoms with Crippen LogP contribution in [0.1, 0.15) is 20.3 Å². The second-order valence-corrected chi connectivity index (χ2v) is 3.61. The molecule has 1 heterocycles. The van der Waals surface area contributed by atoms with Gasteiger partial charge >= 0.3 is 0 Å². The van der Waals surface area contributed by atoms with Gasteiger partial charge < -0.3 is 0 Å². The number of halogens is 2. The molecule has 0 atom stereocenters. The third kappa shape index (κ3) is 1.51. The van der Waals surface area contributed by atoms with E-state index in [0.717, 1.165) is 0 Å². The monoisotopic (exact) mass is 164 g/mol. The molecule has 0 aromatic carbocycles. The first kappa shape index (κ1) is 8.87. The first-order chi connectivity index (χ1) is 4.85. The molecule has 1 N–H and O–H groups in total. The highest BCUT2D eigenvalue weighted by molar-refractivity contribution is 4.95. The molecule has 1 aliphatic heterocycles. The van der Waals surface area contributed by atoms with E-state index in [1.54, 1.807) is 12.1 Å². The number of hydrogen-bond acceptors (Lipinski definition) is 2. The molecule has 0 spiro atoms. The predicted molar refractivity (Wildman–Crippen MR) is 39.4 cm³/mol. The third-order valence-corrected chi connectivity index (χ3v) is 2.15. The summed E-state index contributed by atoms with van der Waals surface area (Å²) in [5.41, 5.74) is 1.62. The molecule has 11 heavy (non-hydrogen) atoms. The summed E-state index contributed by atoms with van der Waals surface area (Å²) < 4.78 is 26.1. The van der Waals surface area contributed by atoms with Crippen LogP contribution in [0.3, 0.4) is 0 Å². The maximum Gasteiger partial charge on any atom is 0.267 e. The van der Waals surface area contributed by atoms with Crippen LogP contribution in [0.25, 0.3) is 0 Å². The summed E-state index contributed by atoms with van der Waals surface area (Å²) in [6.07, 6.45) is -0.0660. The van der Waals surface area contributed by atoms with E-state index in [9.17, 15) is 8.78 Å². The first-order valence-electron chi connectivity index (χ1n) is 3.72. The maximum absolute atomic E-state index is 13.1. The van der Waals surface area contributed by atoms with Crippen molar-refractivity contribution in [3.8, 4) is 0 Å². The molecule has 1 rings (SSSR count). The Labute approximate surface area is 65.5 Å². The third-order valence-electron chi connectivity index (χ3n) is 2.15. The molecule has 1 saturated heterocycles. The van der Waals surface area contributed by atoms with Crippen LogP contribution in [0, 0.1) is 0 Å². The van der Waals surface area contributed by atoms with E-state index in [4.69, 9.17) is 0 Å². The lowest BCUT2D eigenvalue weighted by Gasteiger charge is -2.43. The van der Waals surface area contributed by atoms with E-state index >= 15 is 0 Å². The van der Waals surface area contributed by atoms with Crippen LogP contribution in [0.5, 0.6) is 0 Å². The van der Waals surface area contributed by atoms with Gasteiger partial charge in [-0.05, 0) is 13.8 Å². The Morgan fingerprint density at radius 1 is 1.36 bits per heavy atom. The van der Waals surface area contributed by atoms with Gasteiger partial charge in [-0.1, -0.05) is 0 Å². The minimum atomic E-state index is -2.60. The summed E-state index contributed by atoms with van der Waals surface area (Å²) in [4.78, 5) is 0. The van der Waals surface area contributed by atoms with Gasteiger partial charge in [0.15, 0.2) is 0 Å². The fraction of sp³-hybridized carbons (Fsp3) is 1.00. The molecule has 0 radical (unpaired) electrons. The average molecular weight is 164 g/mol. The molecule has 1 fully saturated rings. The average Bonchev–Trinajstić information content (AvgIpc) is 1.80. The van der Waals surface area contributed by atoms with Crippen molar-refractivity contribution in [1.82, 2.24) is 10.4 Å². The molecule has 66 valence electrons. The van der Waals surface area contributed by atoms with Crippen molar-refractivity contribution < 1.29 is 8.78 Å². The molecule has 0 aromatic heterocycles. The van der Waals surface area contributed by atoms with E-state index in [1.807, 2.05) is 0 Å². The summed E-state index contributed by atoms with van der Waals surface area (Å²) in [7, 11) is 1.77. The number of hydrogen-bond donors (Lipinski definition) is 1. The Morgan fingerprint density at radius 2 is 1.91 bits per heavy atom. The van der Waals surface area contributed by atoms with Crippen LogP contribution in [-0.2, 0) is 0 Å². The Bertz CT molecular complexity index is 157. The molecule has 0 unspecified atom stereocenters. The molecule has 0 amide bonds. The van der Waals surface area contributed by atoms with Crippen molar-refractivity contribution in [1.29, 1.82) is 0 Å². The summed E-state index contributed by atoms with van der Waals surface area (Å²) >= 11 is 0. The predicted octanol–water partition coefficient (Wildman–Crippen LogP) is 1.24. The van der Waals surface area contributed by atoms with Crippen LogP contribution in [0.15, 0.2) is 0 Å². The Hall–Kier alpha value is -0.220. The van der Waals surface area contributed by atoms with Gasteiger partial charge in [0.05, 0.1) is 5.54 Å². The van der Waals surface area contributed by atoms with Crippen molar-refractivity contribution in [3.63, 3.8) is 0 Å². The van der Waals surface area contributed by atoms with Gasteiger partial charge in [0, 0.05) is 20.0 Å². The first-order valence-corrected chi connectivity index (χ1v) is 3.72. The zero-order chi connectivity index (χ0) is 8.70. The van der Waals surface area contributed by atoms with Gasteiger partial charge in [0.25, 0.3) is 5.92 Å². The number of nitrogens with one attached hydrogen (secondary N) is 1. The van der Waals surface area contributed by atoms with Gasteiger partial charge in [0.1, 0.15) is 0 Å². The van der Waals surface area contributed by atoms with Crippen molar-refractivity contribution >= 4 is 0 Å². The highest BCUT2D eigenvalue weighted by Crippen LogP contribution is 2.34. The highest BCUT2D eigenvalue weighted by Gasteiger charge is 2.49. The van der Waals surface area contributed by atoms with Gasteiger partial charge in [0.2, 0.25) is 0 Å².